The number of nitrogens with zero attached hydrogens (tertiary/aromatic N) is 1. The fourth-order valence-electron chi connectivity index (χ4n) is 1.58. The van der Waals surface area contributed by atoms with Crippen LogP contribution in [0.5, 0.6) is 0 Å². The first kappa shape index (κ1) is 14.8. The van der Waals surface area contributed by atoms with Gasteiger partial charge in [0.05, 0.1) is 10.5 Å². The molecule has 0 bridgehead atoms. The van der Waals surface area contributed by atoms with Crippen molar-refractivity contribution in [3.8, 4) is 0 Å². The van der Waals surface area contributed by atoms with Crippen molar-refractivity contribution in [3.63, 3.8) is 0 Å². The Balaban J connectivity index is 0.00000162. The van der Waals surface area contributed by atoms with Crippen LogP contribution in [0, 0.1) is 0 Å². The van der Waals surface area contributed by atoms with E-state index in [0.717, 1.165) is 5.39 Å². The van der Waals surface area contributed by atoms with Crippen LogP contribution in [-0.2, 0) is 4.79 Å². The minimum Gasteiger partial charge on any atom is -0.327 e. The Morgan fingerprint density at radius 2 is 2.33 bits per heavy atom. The first-order valence-corrected chi connectivity index (χ1v) is 5.63. The zero-order chi connectivity index (χ0) is 12.4. The van der Waals surface area contributed by atoms with Gasteiger partial charge in [0, 0.05) is 17.8 Å². The van der Waals surface area contributed by atoms with Gasteiger partial charge < -0.3 is 11.1 Å². The highest BCUT2D eigenvalue weighted by Crippen LogP contribution is 2.26. The van der Waals surface area contributed by atoms with Crippen molar-refractivity contribution >= 4 is 46.6 Å². The molecule has 0 aliphatic heterocycles. The molecule has 7 heteroatoms. The summed E-state index contributed by atoms with van der Waals surface area (Å²) in [7, 11) is 0. The Labute approximate surface area is 115 Å². The van der Waals surface area contributed by atoms with Crippen molar-refractivity contribution in [1.29, 1.82) is 0 Å². The predicted molar refractivity (Wildman–Crippen MR) is 75.2 cm³/mol. The molecule has 18 heavy (non-hydrogen) atoms. The fraction of sp³-hybridized carbons (Fsp3) is 0.273. The average molecular weight is 289 g/mol. The number of carbonyl (C=O) groups is 1. The Kier molecular flexibility index (Phi) is 4.95. The topological polar surface area (TPSA) is 83.8 Å². The first-order chi connectivity index (χ1) is 8.08. The third-order valence-corrected chi connectivity index (χ3v) is 2.63. The molecule has 5 nitrogen and oxygen atoms in total. The van der Waals surface area contributed by atoms with Gasteiger partial charge >= 0.3 is 0 Å². The molecule has 1 atom stereocenters. The number of hydrogen-bond acceptors (Lipinski definition) is 3. The minimum atomic E-state index is -0.177. The Bertz CT molecular complexity index is 553. The maximum absolute atomic E-state index is 11.6. The van der Waals surface area contributed by atoms with Gasteiger partial charge in [-0.15, -0.1) is 12.4 Å². The second-order valence-electron chi connectivity index (χ2n) is 3.96. The molecule has 0 aliphatic carbocycles. The van der Waals surface area contributed by atoms with Crippen molar-refractivity contribution < 1.29 is 4.79 Å². The number of H-pyrrole nitrogens is 1. The van der Waals surface area contributed by atoms with Crippen LogP contribution >= 0.6 is 24.0 Å². The Morgan fingerprint density at radius 3 is 3.00 bits per heavy atom. The molecule has 1 aromatic heterocycles. The molecule has 1 amide bonds. The van der Waals surface area contributed by atoms with Crippen molar-refractivity contribution in [2.45, 2.75) is 19.4 Å². The molecule has 1 aromatic carbocycles. The van der Waals surface area contributed by atoms with Crippen molar-refractivity contribution in [2.24, 2.45) is 5.73 Å². The van der Waals surface area contributed by atoms with Crippen molar-refractivity contribution in [3.05, 3.63) is 23.2 Å². The second-order valence-corrected chi connectivity index (χ2v) is 4.37. The van der Waals surface area contributed by atoms with Crippen LogP contribution in [0.15, 0.2) is 18.2 Å². The van der Waals surface area contributed by atoms with Gasteiger partial charge in [-0.25, -0.2) is 0 Å². The van der Waals surface area contributed by atoms with Crippen LogP contribution in [0.2, 0.25) is 5.02 Å². The third kappa shape index (κ3) is 3.13. The third-order valence-electron chi connectivity index (χ3n) is 2.31. The largest absolute Gasteiger partial charge is 0.327 e. The maximum atomic E-state index is 11.6. The second kappa shape index (κ2) is 6.04. The number of carbonyl (C=O) groups excluding carboxylic acids is 1. The number of halogens is 2. The van der Waals surface area contributed by atoms with Gasteiger partial charge in [0.25, 0.3) is 0 Å². The summed E-state index contributed by atoms with van der Waals surface area (Å²) in [6.07, 6.45) is 0.259. The SMILES string of the molecule is CC(N)CC(=O)Nc1n[nH]c2c(Cl)cccc12.Cl. The molecule has 98 valence electrons. The van der Waals surface area contributed by atoms with E-state index in [1.54, 1.807) is 19.1 Å². The molecule has 2 rings (SSSR count). The van der Waals surface area contributed by atoms with Crippen LogP contribution in [0.1, 0.15) is 13.3 Å². The van der Waals surface area contributed by atoms with Crippen LogP contribution in [0.3, 0.4) is 0 Å². The quantitative estimate of drug-likeness (QED) is 0.810. The van der Waals surface area contributed by atoms with Crippen molar-refractivity contribution in [1.82, 2.24) is 10.2 Å². The van der Waals surface area contributed by atoms with Gasteiger partial charge in [-0.05, 0) is 19.1 Å². The number of nitrogens with two attached hydrogens (primary N) is 1. The molecule has 0 saturated carbocycles. The smallest absolute Gasteiger partial charge is 0.227 e. The maximum Gasteiger partial charge on any atom is 0.227 e. The van der Waals surface area contributed by atoms with E-state index in [2.05, 4.69) is 15.5 Å². The molecule has 1 heterocycles. The highest BCUT2D eigenvalue weighted by Gasteiger charge is 2.11. The summed E-state index contributed by atoms with van der Waals surface area (Å²) >= 11 is 5.99. The van der Waals surface area contributed by atoms with Gasteiger partial charge in [-0.3, -0.25) is 9.89 Å². The summed E-state index contributed by atoms with van der Waals surface area (Å²) in [6, 6.07) is 5.23. The summed E-state index contributed by atoms with van der Waals surface area (Å²) in [5.41, 5.74) is 6.26. The number of benzene rings is 1. The molecule has 0 fully saturated rings. The predicted octanol–water partition coefficient (Wildman–Crippen LogP) is 2.31. The Hall–Kier alpha value is -1.30. The lowest BCUT2D eigenvalue weighted by Crippen LogP contribution is -2.24. The van der Waals surface area contributed by atoms with E-state index in [0.29, 0.717) is 16.4 Å². The van der Waals surface area contributed by atoms with E-state index >= 15 is 0 Å². The van der Waals surface area contributed by atoms with E-state index in [1.165, 1.54) is 0 Å². The van der Waals surface area contributed by atoms with Crippen LogP contribution in [0.4, 0.5) is 5.82 Å². The molecule has 1 unspecified atom stereocenters. The van der Waals surface area contributed by atoms with Gasteiger partial charge in [-0.1, -0.05) is 17.7 Å². The van der Waals surface area contributed by atoms with Crippen molar-refractivity contribution in [2.75, 3.05) is 5.32 Å². The fourth-order valence-corrected chi connectivity index (χ4v) is 1.79. The monoisotopic (exact) mass is 288 g/mol. The van der Waals surface area contributed by atoms with Crippen LogP contribution < -0.4 is 11.1 Å². The number of aromatic nitrogens is 2. The van der Waals surface area contributed by atoms with Crippen LogP contribution in [0.25, 0.3) is 10.9 Å². The zero-order valence-corrected chi connectivity index (χ0v) is 11.3. The number of nitrogens with one attached hydrogen (secondary N) is 2. The number of rotatable bonds is 3. The highest BCUT2D eigenvalue weighted by atomic mass is 35.5. The molecular formula is C11H14Cl2N4O. The van der Waals surface area contributed by atoms with E-state index < -0.39 is 0 Å². The molecule has 0 spiro atoms. The van der Waals surface area contributed by atoms with E-state index in [1.807, 2.05) is 6.07 Å². The molecule has 2 aromatic rings. The van der Waals surface area contributed by atoms with Gasteiger partial charge in [0.15, 0.2) is 5.82 Å². The standard InChI is InChI=1S/C11H13ClN4O.ClH/c1-6(13)5-9(17)14-11-7-3-2-4-8(12)10(7)15-16-11;/h2-4,6H,5,13H2,1H3,(H2,14,15,16,17);1H. The van der Waals surface area contributed by atoms with Crippen LogP contribution in [-0.4, -0.2) is 22.1 Å². The molecule has 4 N–H and O–H groups in total. The number of amides is 1. The number of hydrogen-bond donors (Lipinski definition) is 3. The summed E-state index contributed by atoms with van der Waals surface area (Å²) < 4.78 is 0. The summed E-state index contributed by atoms with van der Waals surface area (Å²) in [4.78, 5) is 11.6. The van der Waals surface area contributed by atoms with Gasteiger partial charge in [0.2, 0.25) is 5.91 Å². The zero-order valence-electron chi connectivity index (χ0n) is 9.74. The number of aromatic amines is 1. The van der Waals surface area contributed by atoms with Gasteiger partial charge in [-0.2, -0.15) is 5.10 Å². The normalized spacial score (nSPS) is 11.9. The highest BCUT2D eigenvalue weighted by molar-refractivity contribution is 6.35. The number of para-hydroxylation sites is 1. The molecular weight excluding hydrogens is 275 g/mol. The minimum absolute atomic E-state index is 0. The van der Waals surface area contributed by atoms with E-state index in [4.69, 9.17) is 17.3 Å². The summed E-state index contributed by atoms with van der Waals surface area (Å²) in [5, 5.41) is 10.9. The molecule has 0 aliphatic rings. The summed E-state index contributed by atoms with van der Waals surface area (Å²) in [5.74, 6) is 0.321. The average Bonchev–Trinajstić information content (AvgIpc) is 2.62. The lowest BCUT2D eigenvalue weighted by atomic mass is 10.2. The van der Waals surface area contributed by atoms with Gasteiger partial charge in [0.1, 0.15) is 0 Å². The number of anilines is 1. The van der Waals surface area contributed by atoms with E-state index in [9.17, 15) is 4.79 Å². The number of fused-ring (bicyclic) bond motifs is 1. The summed E-state index contributed by atoms with van der Waals surface area (Å²) in [6.45, 7) is 1.78. The lowest BCUT2D eigenvalue weighted by molar-refractivity contribution is -0.116. The molecule has 0 saturated heterocycles. The Morgan fingerprint density at radius 1 is 1.61 bits per heavy atom. The first-order valence-electron chi connectivity index (χ1n) is 5.26. The molecule has 0 radical (unpaired) electrons. The lowest BCUT2D eigenvalue weighted by Gasteiger charge is -2.04. The van der Waals surface area contributed by atoms with E-state index in [-0.39, 0.29) is 30.8 Å².